The smallest absolute Gasteiger partial charge is 0.263 e. The van der Waals surface area contributed by atoms with Crippen LogP contribution in [0.3, 0.4) is 0 Å². The summed E-state index contributed by atoms with van der Waals surface area (Å²) in [5, 5.41) is 18.0. The number of para-hydroxylation sites is 1. The van der Waals surface area contributed by atoms with Crippen molar-refractivity contribution < 1.29 is 9.59 Å². The minimum atomic E-state index is -0.588. The largest absolute Gasteiger partial charge is 0.366 e. The summed E-state index contributed by atoms with van der Waals surface area (Å²) in [6, 6.07) is 8.48. The van der Waals surface area contributed by atoms with Gasteiger partial charge in [0.15, 0.2) is 0 Å². The maximum atomic E-state index is 12.1. The second kappa shape index (κ2) is 9.42. The molecule has 8 nitrogen and oxygen atoms in total. The summed E-state index contributed by atoms with van der Waals surface area (Å²) in [5.74, 6) is -1.04. The highest BCUT2D eigenvalue weighted by molar-refractivity contribution is 6.00. The van der Waals surface area contributed by atoms with Crippen LogP contribution >= 0.6 is 0 Å². The number of hydrogen-bond acceptors (Lipinski definition) is 6. The van der Waals surface area contributed by atoms with E-state index in [1.54, 1.807) is 24.3 Å². The second-order valence-corrected chi connectivity index (χ2v) is 5.57. The van der Waals surface area contributed by atoms with Crippen molar-refractivity contribution >= 4 is 17.5 Å². The molecule has 0 atom stereocenters. The van der Waals surface area contributed by atoms with Crippen LogP contribution in [-0.4, -0.2) is 56.0 Å². The van der Waals surface area contributed by atoms with E-state index in [-0.39, 0.29) is 11.1 Å². The number of nitrogens with zero attached hydrogens (tertiary/aromatic N) is 2. The Morgan fingerprint density at radius 1 is 1.32 bits per heavy atom. The molecule has 0 spiro atoms. The highest BCUT2D eigenvalue weighted by Crippen LogP contribution is 2.14. The highest BCUT2D eigenvalue weighted by atomic mass is 16.2. The molecule has 1 aliphatic rings. The molecule has 0 aromatic heterocycles. The van der Waals surface area contributed by atoms with Crippen molar-refractivity contribution in [2.24, 2.45) is 5.73 Å². The number of carbonyl (C=O) groups is 2. The van der Waals surface area contributed by atoms with Crippen LogP contribution in [-0.2, 0) is 4.79 Å². The number of benzene rings is 1. The zero-order valence-electron chi connectivity index (χ0n) is 13.9. The van der Waals surface area contributed by atoms with Gasteiger partial charge in [-0.2, -0.15) is 5.26 Å². The van der Waals surface area contributed by atoms with Crippen molar-refractivity contribution in [2.75, 3.05) is 44.6 Å². The van der Waals surface area contributed by atoms with E-state index < -0.39 is 11.8 Å². The first-order valence-electron chi connectivity index (χ1n) is 8.08. The first kappa shape index (κ1) is 18.4. The Morgan fingerprint density at radius 3 is 2.72 bits per heavy atom. The van der Waals surface area contributed by atoms with E-state index in [1.165, 1.54) is 6.20 Å². The van der Waals surface area contributed by atoms with Crippen molar-refractivity contribution in [3.05, 3.63) is 41.6 Å². The van der Waals surface area contributed by atoms with E-state index in [9.17, 15) is 14.9 Å². The molecular weight excluding hydrogens is 320 g/mol. The van der Waals surface area contributed by atoms with Gasteiger partial charge in [0.1, 0.15) is 11.6 Å². The van der Waals surface area contributed by atoms with Gasteiger partial charge in [0.05, 0.1) is 11.3 Å². The maximum Gasteiger partial charge on any atom is 0.263 e. The zero-order valence-corrected chi connectivity index (χ0v) is 13.9. The van der Waals surface area contributed by atoms with Gasteiger partial charge in [0.2, 0.25) is 0 Å². The first-order valence-corrected chi connectivity index (χ1v) is 8.08. The number of hydrogen-bond donors (Lipinski definition) is 4. The van der Waals surface area contributed by atoms with Gasteiger partial charge in [0, 0.05) is 45.5 Å². The van der Waals surface area contributed by atoms with Crippen LogP contribution in [0.25, 0.3) is 0 Å². The molecule has 132 valence electrons. The molecule has 0 unspecified atom stereocenters. The Hall–Kier alpha value is -2.89. The highest BCUT2D eigenvalue weighted by Gasteiger charge is 2.12. The van der Waals surface area contributed by atoms with Crippen LogP contribution in [0.5, 0.6) is 0 Å². The Labute approximate surface area is 146 Å². The van der Waals surface area contributed by atoms with Gasteiger partial charge in [-0.15, -0.1) is 0 Å². The minimum Gasteiger partial charge on any atom is -0.366 e. The van der Waals surface area contributed by atoms with Gasteiger partial charge in [0.25, 0.3) is 11.8 Å². The molecule has 25 heavy (non-hydrogen) atoms. The number of nitrogens with one attached hydrogen (secondary N) is 3. The number of amides is 2. The third-order valence-corrected chi connectivity index (χ3v) is 3.85. The summed E-state index contributed by atoms with van der Waals surface area (Å²) < 4.78 is 0. The van der Waals surface area contributed by atoms with E-state index >= 15 is 0 Å². The van der Waals surface area contributed by atoms with E-state index in [0.29, 0.717) is 12.2 Å². The molecule has 1 fully saturated rings. The quantitative estimate of drug-likeness (QED) is 0.396. The number of carbonyl (C=O) groups excluding carboxylic acids is 2. The van der Waals surface area contributed by atoms with Gasteiger partial charge in [-0.1, -0.05) is 12.1 Å². The third kappa shape index (κ3) is 5.60. The van der Waals surface area contributed by atoms with E-state index in [4.69, 9.17) is 5.73 Å². The maximum absolute atomic E-state index is 12.1. The predicted molar refractivity (Wildman–Crippen MR) is 94.6 cm³/mol. The van der Waals surface area contributed by atoms with Crippen LogP contribution in [0.15, 0.2) is 36.0 Å². The molecule has 1 aliphatic heterocycles. The molecule has 2 amide bonds. The van der Waals surface area contributed by atoms with Crippen molar-refractivity contribution in [3.8, 4) is 6.07 Å². The molecule has 2 rings (SSSR count). The molecule has 1 heterocycles. The molecule has 0 saturated carbocycles. The third-order valence-electron chi connectivity index (χ3n) is 3.85. The lowest BCUT2D eigenvalue weighted by Gasteiger charge is -2.27. The zero-order chi connectivity index (χ0) is 18.1. The number of anilines is 1. The summed E-state index contributed by atoms with van der Waals surface area (Å²) in [7, 11) is 0. The Kier molecular flexibility index (Phi) is 6.95. The Morgan fingerprint density at radius 2 is 2.04 bits per heavy atom. The fourth-order valence-electron chi connectivity index (χ4n) is 2.48. The van der Waals surface area contributed by atoms with Crippen LogP contribution in [0.1, 0.15) is 10.4 Å². The summed E-state index contributed by atoms with van der Waals surface area (Å²) >= 11 is 0. The summed E-state index contributed by atoms with van der Waals surface area (Å²) in [5.41, 5.74) is 5.96. The van der Waals surface area contributed by atoms with Crippen molar-refractivity contribution in [2.45, 2.75) is 0 Å². The molecular formula is C17H22N6O2. The summed E-state index contributed by atoms with van der Waals surface area (Å²) in [4.78, 5) is 25.7. The molecule has 1 aromatic carbocycles. The Bertz CT molecular complexity index is 689. The van der Waals surface area contributed by atoms with Crippen molar-refractivity contribution in [1.82, 2.24) is 15.5 Å². The van der Waals surface area contributed by atoms with Gasteiger partial charge in [-0.3, -0.25) is 14.5 Å². The van der Waals surface area contributed by atoms with Crippen molar-refractivity contribution in [3.63, 3.8) is 0 Å². The summed E-state index contributed by atoms with van der Waals surface area (Å²) in [6.45, 7) is 4.99. The van der Waals surface area contributed by atoms with Gasteiger partial charge >= 0.3 is 0 Å². The number of primary amides is 1. The molecule has 0 radical (unpaired) electrons. The molecule has 1 aromatic rings. The standard InChI is InChI=1S/C17H22N6O2/c18-11-13(12-22-15-4-2-1-3-14(15)16(19)24)17(25)21-7-10-23-8-5-20-6-9-23/h1-4,12,20,22H,5-10H2,(H2,19,24)(H,21,25)/b13-12-. The molecule has 1 saturated heterocycles. The topological polar surface area (TPSA) is 123 Å². The van der Waals surface area contributed by atoms with Gasteiger partial charge in [-0.05, 0) is 12.1 Å². The monoisotopic (exact) mass is 342 g/mol. The van der Waals surface area contributed by atoms with Gasteiger partial charge < -0.3 is 21.7 Å². The lowest BCUT2D eigenvalue weighted by molar-refractivity contribution is -0.117. The minimum absolute atomic E-state index is 0.0698. The number of piperazine rings is 1. The number of nitrogens with two attached hydrogens (primary N) is 1. The average molecular weight is 342 g/mol. The van der Waals surface area contributed by atoms with E-state index in [1.807, 2.05) is 6.07 Å². The van der Waals surface area contributed by atoms with Crippen LogP contribution < -0.4 is 21.7 Å². The van der Waals surface area contributed by atoms with Crippen LogP contribution in [0.2, 0.25) is 0 Å². The van der Waals surface area contributed by atoms with E-state index in [0.717, 1.165) is 32.7 Å². The Balaban J connectivity index is 1.90. The molecule has 0 bridgehead atoms. The van der Waals surface area contributed by atoms with Crippen LogP contribution in [0.4, 0.5) is 5.69 Å². The van der Waals surface area contributed by atoms with Gasteiger partial charge in [-0.25, -0.2) is 0 Å². The van der Waals surface area contributed by atoms with E-state index in [2.05, 4.69) is 20.9 Å². The lowest BCUT2D eigenvalue weighted by Crippen LogP contribution is -2.46. The average Bonchev–Trinajstić information content (AvgIpc) is 2.63. The number of rotatable bonds is 7. The predicted octanol–water partition coefficient (Wildman–Crippen LogP) is -0.374. The second-order valence-electron chi connectivity index (χ2n) is 5.57. The lowest BCUT2D eigenvalue weighted by atomic mass is 10.1. The van der Waals surface area contributed by atoms with Crippen molar-refractivity contribution in [1.29, 1.82) is 5.26 Å². The SMILES string of the molecule is N#C/C(=C/Nc1ccccc1C(N)=O)C(=O)NCCN1CCNCC1. The molecule has 0 aliphatic carbocycles. The number of nitriles is 1. The summed E-state index contributed by atoms with van der Waals surface area (Å²) in [6.07, 6.45) is 1.28. The molecule has 8 heteroatoms. The fourth-order valence-corrected chi connectivity index (χ4v) is 2.48. The van der Waals surface area contributed by atoms with Crippen LogP contribution in [0, 0.1) is 11.3 Å². The normalized spacial score (nSPS) is 15.2. The first-order chi connectivity index (χ1) is 12.1. The fraction of sp³-hybridized carbons (Fsp3) is 0.353. The molecule has 5 N–H and O–H groups in total.